The van der Waals surface area contributed by atoms with Gasteiger partial charge < -0.3 is 14.4 Å². The number of rotatable bonds is 4. The summed E-state index contributed by atoms with van der Waals surface area (Å²) in [5.41, 5.74) is 5.69. The molecule has 30 heavy (non-hydrogen) atoms. The van der Waals surface area contributed by atoms with Gasteiger partial charge in [0.25, 0.3) is 0 Å². The molecule has 2 unspecified atom stereocenters. The minimum Gasteiger partial charge on any atom is -0.465 e. The first kappa shape index (κ1) is 19.1. The fourth-order valence-electron chi connectivity index (χ4n) is 5.04. The van der Waals surface area contributed by atoms with E-state index in [1.54, 1.807) is 4.90 Å². The van der Waals surface area contributed by atoms with Crippen LogP contribution in [0.1, 0.15) is 31.0 Å². The van der Waals surface area contributed by atoms with E-state index in [1.165, 1.54) is 11.3 Å². The Hall–Kier alpha value is -2.86. The number of hydrogen-bond acceptors (Lipinski definition) is 3. The van der Waals surface area contributed by atoms with Crippen LogP contribution in [0.2, 0.25) is 0 Å². The molecule has 2 aliphatic heterocycles. The predicted octanol–water partition coefficient (Wildman–Crippen LogP) is 4.17. The van der Waals surface area contributed by atoms with Crippen LogP contribution in [0.25, 0.3) is 16.9 Å². The number of carbonyl (C=O) groups is 1. The molecular weight excluding hydrogens is 376 g/mol. The summed E-state index contributed by atoms with van der Waals surface area (Å²) in [6.07, 6.45) is 1.30. The highest BCUT2D eigenvalue weighted by molar-refractivity contribution is 5.67. The third kappa shape index (κ3) is 3.35. The standard InChI is InChI=1S/C24H28N4O2/c1-16(2)17-6-8-18(9-7-17)23-21(28-10-4-3-5-22(28)25-23)15-26-11-19-13-27(24(29)30)14-20(19)12-26/h3-10,16,19-20H,11-15H2,1-2H3,(H,29,30). The molecule has 2 aromatic heterocycles. The van der Waals surface area contributed by atoms with Crippen LogP contribution in [0.4, 0.5) is 4.79 Å². The monoisotopic (exact) mass is 404 g/mol. The molecule has 0 aliphatic carbocycles. The summed E-state index contributed by atoms with van der Waals surface area (Å²) in [6, 6.07) is 14.9. The highest BCUT2D eigenvalue weighted by Gasteiger charge is 2.41. The summed E-state index contributed by atoms with van der Waals surface area (Å²) in [4.78, 5) is 20.3. The Labute approximate surface area is 176 Å². The van der Waals surface area contributed by atoms with Gasteiger partial charge in [0.2, 0.25) is 0 Å². The van der Waals surface area contributed by atoms with Gasteiger partial charge in [0.15, 0.2) is 0 Å². The van der Waals surface area contributed by atoms with Gasteiger partial charge in [-0.2, -0.15) is 0 Å². The van der Waals surface area contributed by atoms with E-state index in [0.717, 1.165) is 36.5 Å². The Balaban J connectivity index is 1.43. The second-order valence-corrected chi connectivity index (χ2v) is 9.01. The number of carboxylic acid groups (broad SMARTS) is 1. The molecule has 0 spiro atoms. The Kier molecular flexibility index (Phi) is 4.74. The average molecular weight is 405 g/mol. The number of nitrogens with zero attached hydrogens (tertiary/aromatic N) is 4. The van der Waals surface area contributed by atoms with E-state index < -0.39 is 6.09 Å². The SMILES string of the molecule is CC(C)c1ccc(-c2nc3ccccn3c2CN2CC3CN(C(=O)O)CC3C2)cc1. The maximum Gasteiger partial charge on any atom is 0.407 e. The van der Waals surface area contributed by atoms with Crippen molar-refractivity contribution in [1.29, 1.82) is 0 Å². The maximum atomic E-state index is 11.3. The summed E-state index contributed by atoms with van der Waals surface area (Å²) in [6.45, 7) is 8.45. The van der Waals surface area contributed by atoms with Crippen LogP contribution in [0, 0.1) is 11.8 Å². The zero-order valence-corrected chi connectivity index (χ0v) is 17.5. The first-order valence-corrected chi connectivity index (χ1v) is 10.8. The summed E-state index contributed by atoms with van der Waals surface area (Å²) in [5.74, 6) is 1.39. The number of pyridine rings is 1. The van der Waals surface area contributed by atoms with Crippen molar-refractivity contribution < 1.29 is 9.90 Å². The summed E-state index contributed by atoms with van der Waals surface area (Å²) >= 11 is 0. The van der Waals surface area contributed by atoms with Gasteiger partial charge in [-0.05, 0) is 35.4 Å². The van der Waals surface area contributed by atoms with Gasteiger partial charge in [-0.15, -0.1) is 0 Å². The van der Waals surface area contributed by atoms with Gasteiger partial charge in [0.1, 0.15) is 5.65 Å². The van der Waals surface area contributed by atoms with E-state index in [0.29, 0.717) is 30.8 Å². The zero-order chi connectivity index (χ0) is 20.8. The molecule has 1 amide bonds. The molecule has 156 valence electrons. The number of aromatic nitrogens is 2. The third-order valence-electron chi connectivity index (χ3n) is 6.69. The van der Waals surface area contributed by atoms with Gasteiger partial charge >= 0.3 is 6.09 Å². The molecule has 0 saturated carbocycles. The normalized spacial score (nSPS) is 21.6. The first-order valence-electron chi connectivity index (χ1n) is 10.8. The molecule has 2 saturated heterocycles. The van der Waals surface area contributed by atoms with Crippen LogP contribution in [0.5, 0.6) is 0 Å². The molecule has 1 aromatic carbocycles. The topological polar surface area (TPSA) is 61.1 Å². The first-order chi connectivity index (χ1) is 14.5. The molecule has 1 N–H and O–H groups in total. The molecule has 0 bridgehead atoms. The Morgan fingerprint density at radius 3 is 2.40 bits per heavy atom. The quantitative estimate of drug-likeness (QED) is 0.709. The van der Waals surface area contributed by atoms with Crippen molar-refractivity contribution in [2.24, 2.45) is 11.8 Å². The van der Waals surface area contributed by atoms with Crippen LogP contribution in [0.15, 0.2) is 48.7 Å². The van der Waals surface area contributed by atoms with Crippen molar-refractivity contribution in [1.82, 2.24) is 19.2 Å². The third-order valence-corrected chi connectivity index (χ3v) is 6.69. The zero-order valence-electron chi connectivity index (χ0n) is 17.5. The number of imidazole rings is 1. The van der Waals surface area contributed by atoms with Crippen LogP contribution < -0.4 is 0 Å². The maximum absolute atomic E-state index is 11.3. The molecular formula is C24H28N4O2. The lowest BCUT2D eigenvalue weighted by atomic mass is 10.0. The Morgan fingerprint density at radius 1 is 1.07 bits per heavy atom. The molecule has 2 aliphatic rings. The summed E-state index contributed by atoms with van der Waals surface area (Å²) in [5, 5.41) is 9.28. The van der Waals surface area contributed by atoms with Gasteiger partial charge in [0.05, 0.1) is 11.4 Å². The van der Waals surface area contributed by atoms with Crippen LogP contribution in [0.3, 0.4) is 0 Å². The molecule has 6 heteroatoms. The molecule has 2 atom stereocenters. The molecule has 6 nitrogen and oxygen atoms in total. The van der Waals surface area contributed by atoms with E-state index in [1.807, 2.05) is 12.1 Å². The minimum atomic E-state index is -0.787. The highest BCUT2D eigenvalue weighted by atomic mass is 16.4. The van der Waals surface area contributed by atoms with Crippen LogP contribution >= 0.6 is 0 Å². The van der Waals surface area contributed by atoms with Crippen molar-refractivity contribution in [3.63, 3.8) is 0 Å². The molecule has 4 heterocycles. The largest absolute Gasteiger partial charge is 0.465 e. The van der Waals surface area contributed by atoms with Gasteiger partial charge in [0, 0.05) is 44.5 Å². The van der Waals surface area contributed by atoms with E-state index in [2.05, 4.69) is 59.7 Å². The molecule has 0 radical (unpaired) electrons. The number of hydrogen-bond donors (Lipinski definition) is 1. The number of amides is 1. The van der Waals surface area contributed by atoms with Gasteiger partial charge in [-0.1, -0.05) is 44.2 Å². The molecule has 5 rings (SSSR count). The molecule has 2 fully saturated rings. The number of likely N-dealkylation sites (tertiary alicyclic amines) is 2. The Bertz CT molecular complexity index is 1060. The minimum absolute atomic E-state index is 0.439. The lowest BCUT2D eigenvalue weighted by Crippen LogP contribution is -2.32. The summed E-state index contributed by atoms with van der Waals surface area (Å²) < 4.78 is 2.20. The van der Waals surface area contributed by atoms with Crippen molar-refractivity contribution >= 4 is 11.7 Å². The number of benzene rings is 1. The molecule has 3 aromatic rings. The van der Waals surface area contributed by atoms with E-state index >= 15 is 0 Å². The summed E-state index contributed by atoms with van der Waals surface area (Å²) in [7, 11) is 0. The van der Waals surface area contributed by atoms with E-state index in [-0.39, 0.29) is 0 Å². The lowest BCUT2D eigenvalue weighted by molar-refractivity contribution is 0.148. The van der Waals surface area contributed by atoms with E-state index in [9.17, 15) is 9.90 Å². The smallest absolute Gasteiger partial charge is 0.407 e. The van der Waals surface area contributed by atoms with Crippen molar-refractivity contribution in [3.8, 4) is 11.3 Å². The van der Waals surface area contributed by atoms with E-state index in [4.69, 9.17) is 4.98 Å². The van der Waals surface area contributed by atoms with Crippen LogP contribution in [-0.2, 0) is 6.54 Å². The average Bonchev–Trinajstić information content (AvgIpc) is 3.40. The van der Waals surface area contributed by atoms with Gasteiger partial charge in [-0.25, -0.2) is 9.78 Å². The second kappa shape index (κ2) is 7.43. The van der Waals surface area contributed by atoms with Crippen molar-refractivity contribution in [3.05, 3.63) is 59.9 Å². The highest BCUT2D eigenvalue weighted by Crippen LogP contribution is 2.34. The van der Waals surface area contributed by atoms with Crippen molar-refractivity contribution in [2.45, 2.75) is 26.3 Å². The van der Waals surface area contributed by atoms with Crippen molar-refractivity contribution in [2.75, 3.05) is 26.2 Å². The van der Waals surface area contributed by atoms with Gasteiger partial charge in [-0.3, -0.25) is 4.90 Å². The predicted molar refractivity (Wildman–Crippen MR) is 117 cm³/mol. The Morgan fingerprint density at radius 2 is 1.77 bits per heavy atom. The number of fused-ring (bicyclic) bond motifs is 2. The fraction of sp³-hybridized carbons (Fsp3) is 0.417. The lowest BCUT2D eigenvalue weighted by Gasteiger charge is -2.20. The van der Waals surface area contributed by atoms with Crippen LogP contribution in [-0.4, -0.2) is 56.6 Å². The second-order valence-electron chi connectivity index (χ2n) is 9.01. The fourth-order valence-corrected chi connectivity index (χ4v) is 5.04.